The number of aliphatic hydroxyl groups excluding tert-OH is 1. The van der Waals surface area contributed by atoms with Gasteiger partial charge in [0.1, 0.15) is 28.9 Å². The zero-order valence-corrected chi connectivity index (χ0v) is 27.3. The largest absolute Gasteiger partial charge is 0.508 e. The second kappa shape index (κ2) is 13.6. The summed E-state index contributed by atoms with van der Waals surface area (Å²) in [5.74, 6) is -1.82. The summed E-state index contributed by atoms with van der Waals surface area (Å²) < 4.78 is 28.6. The van der Waals surface area contributed by atoms with E-state index in [4.69, 9.17) is 23.4 Å². The van der Waals surface area contributed by atoms with Gasteiger partial charge in [0, 0.05) is 24.4 Å². The maximum Gasteiger partial charge on any atom is 0.364 e. The van der Waals surface area contributed by atoms with Gasteiger partial charge in [-0.3, -0.25) is 4.79 Å². The Morgan fingerprint density at radius 3 is 2.50 bits per heavy atom. The highest BCUT2D eigenvalue weighted by atomic mass is 16.7. The van der Waals surface area contributed by atoms with Crippen molar-refractivity contribution >= 4 is 28.5 Å². The molecular weight excluding hydrogens is 624 g/mol. The summed E-state index contributed by atoms with van der Waals surface area (Å²) in [6.07, 6.45) is -2.61. The zero-order valence-electron chi connectivity index (χ0n) is 27.3. The first-order valence-corrected chi connectivity index (χ1v) is 15.2. The van der Waals surface area contributed by atoms with Crippen LogP contribution in [0, 0.1) is 6.92 Å². The van der Waals surface area contributed by atoms with Crippen LogP contribution in [0.25, 0.3) is 11.0 Å². The summed E-state index contributed by atoms with van der Waals surface area (Å²) in [7, 11) is 1.41. The number of hydrogen-bond acceptors (Lipinski definition) is 11. The zero-order chi connectivity index (χ0) is 34.9. The molecular formula is C35H38N2O11. The number of fused-ring (bicyclic) bond motifs is 1. The van der Waals surface area contributed by atoms with Gasteiger partial charge >= 0.3 is 11.6 Å². The van der Waals surface area contributed by atoms with Crippen molar-refractivity contribution in [3.8, 4) is 17.2 Å². The number of aryl methyl sites for hydroxylation is 1. The molecule has 0 saturated carbocycles. The number of esters is 1. The lowest BCUT2D eigenvalue weighted by atomic mass is 9.89. The third kappa shape index (κ3) is 7.08. The number of benzene rings is 2. The van der Waals surface area contributed by atoms with E-state index in [1.165, 1.54) is 43.5 Å². The Bertz CT molecular complexity index is 1940. The van der Waals surface area contributed by atoms with Crippen LogP contribution in [0.3, 0.4) is 0 Å². The van der Waals surface area contributed by atoms with Gasteiger partial charge in [0.05, 0.1) is 11.0 Å². The van der Waals surface area contributed by atoms with E-state index in [1.54, 1.807) is 32.9 Å². The number of amides is 1. The highest BCUT2D eigenvalue weighted by Crippen LogP contribution is 2.37. The molecule has 0 unspecified atom stereocenters. The van der Waals surface area contributed by atoms with Crippen LogP contribution in [-0.2, 0) is 20.6 Å². The monoisotopic (exact) mass is 662 g/mol. The molecule has 3 heterocycles. The number of aromatic hydroxyl groups is 2. The second-order valence-electron chi connectivity index (χ2n) is 12.3. The fourth-order valence-electron chi connectivity index (χ4n) is 5.49. The van der Waals surface area contributed by atoms with E-state index >= 15 is 0 Å². The smallest absolute Gasteiger partial charge is 0.364 e. The molecule has 4 atom stereocenters. The SMILES string of the molecule is CO[C@@H]1[C@@H](OC(=O)c2ccc(C)[nH]2)[C@@H](O)[C@H](Oc2ccc3c(O)c(NC(=O)c4ccc(O)c(CC=C(C)C)c4)c(=O)oc3c2)OC1(C)C. The van der Waals surface area contributed by atoms with Crippen molar-refractivity contribution in [3.05, 3.63) is 93.1 Å². The predicted molar refractivity (Wildman–Crippen MR) is 174 cm³/mol. The molecule has 5 N–H and O–H groups in total. The third-order valence-electron chi connectivity index (χ3n) is 7.98. The van der Waals surface area contributed by atoms with Gasteiger partial charge in [-0.05, 0) is 89.1 Å². The van der Waals surface area contributed by atoms with Gasteiger partial charge in [0.15, 0.2) is 23.6 Å². The molecule has 5 rings (SSSR count). The lowest BCUT2D eigenvalue weighted by molar-refractivity contribution is -0.305. The summed E-state index contributed by atoms with van der Waals surface area (Å²) >= 11 is 0. The number of phenolic OH excluding ortho intramolecular Hbond substituents is 1. The quantitative estimate of drug-likeness (QED) is 0.0947. The van der Waals surface area contributed by atoms with Crippen molar-refractivity contribution in [2.24, 2.45) is 0 Å². The Balaban J connectivity index is 1.37. The molecule has 0 radical (unpaired) electrons. The number of anilines is 1. The number of phenols is 1. The molecule has 2 aromatic heterocycles. The lowest BCUT2D eigenvalue weighted by Gasteiger charge is -2.47. The molecule has 0 bridgehead atoms. The number of H-pyrrole nitrogens is 1. The Hall–Kier alpha value is -5.11. The minimum absolute atomic E-state index is 0.0200. The fourth-order valence-corrected chi connectivity index (χ4v) is 5.49. The molecule has 0 aliphatic carbocycles. The van der Waals surface area contributed by atoms with Crippen molar-refractivity contribution in [2.75, 3.05) is 12.4 Å². The minimum Gasteiger partial charge on any atom is -0.508 e. The van der Waals surface area contributed by atoms with Gasteiger partial charge in [-0.1, -0.05) is 11.6 Å². The van der Waals surface area contributed by atoms with Crippen LogP contribution in [0.15, 0.2) is 69.4 Å². The maximum atomic E-state index is 13.0. The molecule has 0 spiro atoms. The number of hydrogen-bond donors (Lipinski definition) is 5. The third-order valence-corrected chi connectivity index (χ3v) is 7.98. The van der Waals surface area contributed by atoms with Gasteiger partial charge in [-0.15, -0.1) is 0 Å². The number of nitrogens with one attached hydrogen (secondary N) is 2. The average molecular weight is 663 g/mol. The molecule has 1 amide bonds. The van der Waals surface area contributed by atoms with Gasteiger partial charge in [0.25, 0.3) is 5.91 Å². The molecule has 1 fully saturated rings. The molecule has 48 heavy (non-hydrogen) atoms. The van der Waals surface area contributed by atoms with Crippen molar-refractivity contribution in [3.63, 3.8) is 0 Å². The number of rotatable bonds is 9. The Morgan fingerprint density at radius 2 is 1.83 bits per heavy atom. The highest BCUT2D eigenvalue weighted by Gasteiger charge is 2.53. The fraction of sp³-hybridized carbons (Fsp3) is 0.343. The summed E-state index contributed by atoms with van der Waals surface area (Å²) in [4.78, 5) is 41.7. The second-order valence-corrected chi connectivity index (χ2v) is 12.3. The van der Waals surface area contributed by atoms with Crippen LogP contribution >= 0.6 is 0 Å². The van der Waals surface area contributed by atoms with Crippen LogP contribution in [-0.4, -0.2) is 69.5 Å². The number of aliphatic hydroxyl groups is 1. The minimum atomic E-state index is -1.50. The first kappa shape index (κ1) is 34.2. The number of aromatic nitrogens is 1. The van der Waals surface area contributed by atoms with Gasteiger partial charge in [-0.2, -0.15) is 0 Å². The van der Waals surface area contributed by atoms with E-state index in [0.717, 1.165) is 11.3 Å². The predicted octanol–water partition coefficient (Wildman–Crippen LogP) is 4.72. The first-order valence-electron chi connectivity index (χ1n) is 15.2. The summed E-state index contributed by atoms with van der Waals surface area (Å²) in [6, 6.07) is 11.7. The molecule has 1 aliphatic heterocycles. The molecule has 13 heteroatoms. The molecule has 254 valence electrons. The van der Waals surface area contributed by atoms with Crippen molar-refractivity contribution < 1.29 is 48.3 Å². The van der Waals surface area contributed by atoms with Gasteiger partial charge in [0.2, 0.25) is 6.29 Å². The summed E-state index contributed by atoms with van der Waals surface area (Å²) in [5.41, 5.74) is -0.00845. The number of aromatic amines is 1. The summed E-state index contributed by atoms with van der Waals surface area (Å²) in [6.45, 7) is 9.00. The average Bonchev–Trinajstić information content (AvgIpc) is 3.47. The van der Waals surface area contributed by atoms with Crippen LogP contribution in [0.1, 0.15) is 59.8 Å². The lowest BCUT2D eigenvalue weighted by Crippen LogP contribution is -2.65. The topological polar surface area (TPSA) is 190 Å². The van der Waals surface area contributed by atoms with Crippen molar-refractivity contribution in [1.29, 1.82) is 0 Å². The molecule has 1 saturated heterocycles. The molecule has 4 aromatic rings. The van der Waals surface area contributed by atoms with E-state index in [1.807, 2.05) is 19.9 Å². The number of carbonyl (C=O) groups excluding carboxylic acids is 2. The van der Waals surface area contributed by atoms with E-state index in [-0.39, 0.29) is 33.7 Å². The first-order chi connectivity index (χ1) is 22.7. The van der Waals surface area contributed by atoms with Crippen LogP contribution in [0.4, 0.5) is 5.69 Å². The van der Waals surface area contributed by atoms with E-state index in [9.17, 15) is 29.7 Å². The van der Waals surface area contributed by atoms with Crippen LogP contribution in [0.2, 0.25) is 0 Å². The van der Waals surface area contributed by atoms with Crippen molar-refractivity contribution in [2.45, 2.75) is 71.2 Å². The Morgan fingerprint density at radius 1 is 1.08 bits per heavy atom. The number of carbonyl (C=O) groups is 2. The van der Waals surface area contributed by atoms with Crippen LogP contribution < -0.4 is 15.7 Å². The highest BCUT2D eigenvalue weighted by molar-refractivity contribution is 6.06. The van der Waals surface area contributed by atoms with Gasteiger partial charge < -0.3 is 49.0 Å². The maximum absolute atomic E-state index is 13.0. The standard InChI is InChI=1S/C35H38N2O11/c1-17(2)7-9-19-15-20(10-14-24(19)38)31(41)37-26-27(39)22-12-11-21(16-25(22)46-33(26)43)45-34-28(40)29(30(44-6)35(4,5)48-34)47-32(42)23-13-8-18(3)36-23/h7-8,10-16,28-30,34,36,38-40H,9H2,1-6H3,(H,37,41)/t28-,29+,30-,34-/m1/s1. The number of allylic oxidation sites excluding steroid dienone is 2. The Labute approximate surface area is 275 Å². The van der Waals surface area contributed by atoms with Crippen LogP contribution in [0.5, 0.6) is 17.2 Å². The van der Waals surface area contributed by atoms with E-state index in [0.29, 0.717) is 12.0 Å². The molecule has 1 aliphatic rings. The molecule has 2 aromatic carbocycles. The Kier molecular flexibility index (Phi) is 9.66. The number of ether oxygens (including phenoxy) is 4. The molecule has 13 nitrogen and oxygen atoms in total. The van der Waals surface area contributed by atoms with E-state index in [2.05, 4.69) is 10.3 Å². The van der Waals surface area contributed by atoms with E-state index < -0.39 is 59.1 Å². The van der Waals surface area contributed by atoms with Crippen molar-refractivity contribution in [1.82, 2.24) is 4.98 Å². The number of methoxy groups -OCH3 is 1. The summed E-state index contributed by atoms with van der Waals surface area (Å²) in [5, 5.41) is 34.9. The normalized spacial score (nSPS) is 20.2. The van der Waals surface area contributed by atoms with Gasteiger partial charge in [-0.25, -0.2) is 9.59 Å².